The van der Waals surface area contributed by atoms with Crippen molar-refractivity contribution in [2.45, 2.75) is 50.8 Å². The first-order valence-electron chi connectivity index (χ1n) is 7.05. The highest BCUT2D eigenvalue weighted by atomic mass is 32.2. The summed E-state index contributed by atoms with van der Waals surface area (Å²) in [7, 11) is -2.98. The molecule has 1 heterocycles. The number of hydrogen-bond donors (Lipinski definition) is 2. The van der Waals surface area contributed by atoms with Gasteiger partial charge in [-0.15, -0.1) is 0 Å². The average molecular weight is 300 g/mol. The zero-order valence-corrected chi connectivity index (χ0v) is 13.2. The van der Waals surface area contributed by atoms with Crippen molar-refractivity contribution in [2.24, 2.45) is 11.8 Å². The molecule has 0 amide bonds. The van der Waals surface area contributed by atoms with Crippen molar-refractivity contribution in [3.63, 3.8) is 0 Å². The van der Waals surface area contributed by atoms with Crippen LogP contribution in [0.25, 0.3) is 0 Å². The third kappa shape index (κ3) is 3.24. The van der Waals surface area contributed by atoms with Crippen LogP contribution in [0.3, 0.4) is 0 Å². The summed E-state index contributed by atoms with van der Waals surface area (Å²) in [5, 5.41) is -0.245. The standard InChI is InChI=1S/C14H24N2O3S/c1-9-7-13(10(2)19-9)14(16-15)11-5-4-6-12(8-11)20(3,17)18/h7,11-12,14,16H,4-6,8,15H2,1-3H3. The Morgan fingerprint density at radius 2 is 2.10 bits per heavy atom. The summed E-state index contributed by atoms with van der Waals surface area (Å²) in [6.07, 6.45) is 4.67. The van der Waals surface area contributed by atoms with E-state index in [1.807, 2.05) is 19.9 Å². The lowest BCUT2D eigenvalue weighted by Crippen LogP contribution is -2.38. The molecule has 1 saturated carbocycles. The van der Waals surface area contributed by atoms with Crippen molar-refractivity contribution in [2.75, 3.05) is 6.26 Å². The Labute approximate surface area is 120 Å². The molecule has 1 aromatic rings. The first kappa shape index (κ1) is 15.5. The van der Waals surface area contributed by atoms with Crippen molar-refractivity contribution in [3.05, 3.63) is 23.2 Å². The number of hydrazine groups is 1. The maximum absolute atomic E-state index is 11.8. The molecule has 6 heteroatoms. The van der Waals surface area contributed by atoms with E-state index in [0.717, 1.165) is 36.3 Å². The van der Waals surface area contributed by atoms with Crippen LogP contribution in [0.2, 0.25) is 0 Å². The highest BCUT2D eigenvalue weighted by molar-refractivity contribution is 7.91. The van der Waals surface area contributed by atoms with Crippen LogP contribution in [-0.4, -0.2) is 19.9 Å². The first-order chi connectivity index (χ1) is 9.32. The molecule has 1 aromatic heterocycles. The van der Waals surface area contributed by atoms with E-state index in [1.54, 1.807) is 0 Å². The molecule has 3 N–H and O–H groups in total. The van der Waals surface area contributed by atoms with Crippen LogP contribution >= 0.6 is 0 Å². The number of nitrogens with two attached hydrogens (primary N) is 1. The van der Waals surface area contributed by atoms with Gasteiger partial charge in [0.2, 0.25) is 0 Å². The normalized spacial score (nSPS) is 25.6. The summed E-state index contributed by atoms with van der Waals surface area (Å²) in [6.45, 7) is 3.83. The first-order valence-corrected chi connectivity index (χ1v) is 9.00. The Morgan fingerprint density at radius 1 is 1.40 bits per heavy atom. The summed E-state index contributed by atoms with van der Waals surface area (Å²) in [6, 6.07) is 1.95. The second kappa shape index (κ2) is 5.87. The molecule has 0 spiro atoms. The van der Waals surface area contributed by atoms with Gasteiger partial charge in [0.05, 0.1) is 11.3 Å². The number of aryl methyl sites for hydroxylation is 2. The van der Waals surface area contributed by atoms with E-state index in [1.165, 1.54) is 6.26 Å². The van der Waals surface area contributed by atoms with E-state index >= 15 is 0 Å². The molecule has 0 bridgehead atoms. The Morgan fingerprint density at radius 3 is 2.60 bits per heavy atom. The molecular weight excluding hydrogens is 276 g/mol. The minimum atomic E-state index is -2.98. The lowest BCUT2D eigenvalue weighted by atomic mass is 9.81. The molecule has 1 fully saturated rings. The molecule has 0 aliphatic heterocycles. The van der Waals surface area contributed by atoms with E-state index in [0.29, 0.717) is 6.42 Å². The lowest BCUT2D eigenvalue weighted by Gasteiger charge is -2.33. The SMILES string of the molecule is Cc1cc(C(NN)C2CCCC(S(C)(=O)=O)C2)c(C)o1. The second-order valence-corrected chi connectivity index (χ2v) is 8.22. The number of hydrogen-bond acceptors (Lipinski definition) is 5. The molecular formula is C14H24N2O3S. The largest absolute Gasteiger partial charge is 0.466 e. The maximum atomic E-state index is 11.8. The fourth-order valence-corrected chi connectivity index (χ4v) is 4.50. The summed E-state index contributed by atoms with van der Waals surface area (Å²) in [5.41, 5.74) is 3.90. The van der Waals surface area contributed by atoms with E-state index in [4.69, 9.17) is 10.3 Å². The van der Waals surface area contributed by atoms with E-state index < -0.39 is 9.84 Å². The van der Waals surface area contributed by atoms with E-state index in [2.05, 4.69) is 5.43 Å². The second-order valence-electron chi connectivity index (χ2n) is 5.89. The van der Waals surface area contributed by atoms with Gasteiger partial charge in [-0.25, -0.2) is 8.42 Å². The van der Waals surface area contributed by atoms with Gasteiger partial charge in [-0.1, -0.05) is 6.42 Å². The maximum Gasteiger partial charge on any atom is 0.150 e. The van der Waals surface area contributed by atoms with Gasteiger partial charge >= 0.3 is 0 Å². The molecule has 3 unspecified atom stereocenters. The molecule has 3 atom stereocenters. The lowest BCUT2D eigenvalue weighted by molar-refractivity contribution is 0.272. The number of nitrogens with one attached hydrogen (secondary N) is 1. The summed E-state index contributed by atoms with van der Waals surface area (Å²) in [4.78, 5) is 0. The highest BCUT2D eigenvalue weighted by Crippen LogP contribution is 2.38. The zero-order valence-electron chi connectivity index (χ0n) is 12.3. The number of sulfone groups is 1. The minimum Gasteiger partial charge on any atom is -0.466 e. The quantitative estimate of drug-likeness (QED) is 0.656. The van der Waals surface area contributed by atoms with Crippen LogP contribution in [0.4, 0.5) is 0 Å². The van der Waals surface area contributed by atoms with Gasteiger partial charge in [0.15, 0.2) is 0 Å². The van der Waals surface area contributed by atoms with Crippen molar-refractivity contribution in [3.8, 4) is 0 Å². The van der Waals surface area contributed by atoms with Gasteiger partial charge in [0, 0.05) is 11.8 Å². The molecule has 20 heavy (non-hydrogen) atoms. The molecule has 114 valence electrons. The minimum absolute atomic E-state index is 0.0444. The molecule has 0 aromatic carbocycles. The Kier molecular flexibility index (Phi) is 4.56. The smallest absolute Gasteiger partial charge is 0.150 e. The summed E-state index contributed by atoms with van der Waals surface area (Å²) < 4.78 is 29.1. The van der Waals surface area contributed by atoms with Crippen LogP contribution in [-0.2, 0) is 9.84 Å². The van der Waals surface area contributed by atoms with Gasteiger partial charge in [0.1, 0.15) is 21.4 Å². The van der Waals surface area contributed by atoms with Gasteiger partial charge < -0.3 is 4.42 Å². The van der Waals surface area contributed by atoms with E-state index in [9.17, 15) is 8.42 Å². The topological polar surface area (TPSA) is 85.3 Å². The van der Waals surface area contributed by atoms with Gasteiger partial charge in [0.25, 0.3) is 0 Å². The van der Waals surface area contributed by atoms with Crippen molar-refractivity contribution < 1.29 is 12.8 Å². The Hall–Kier alpha value is -0.850. The number of furan rings is 1. The fourth-order valence-electron chi connectivity index (χ4n) is 3.31. The van der Waals surface area contributed by atoms with Gasteiger partial charge in [-0.2, -0.15) is 0 Å². The van der Waals surface area contributed by atoms with E-state index in [-0.39, 0.29) is 17.2 Å². The fraction of sp³-hybridized carbons (Fsp3) is 0.714. The van der Waals surface area contributed by atoms with Gasteiger partial charge in [-0.3, -0.25) is 11.3 Å². The zero-order chi connectivity index (χ0) is 14.9. The predicted molar refractivity (Wildman–Crippen MR) is 78.8 cm³/mol. The van der Waals surface area contributed by atoms with Crippen LogP contribution in [0.5, 0.6) is 0 Å². The van der Waals surface area contributed by atoms with Crippen LogP contribution in [0, 0.1) is 19.8 Å². The summed E-state index contributed by atoms with van der Waals surface area (Å²) >= 11 is 0. The van der Waals surface area contributed by atoms with Crippen LogP contribution < -0.4 is 11.3 Å². The predicted octanol–water partition coefficient (Wildman–Crippen LogP) is 2.00. The molecule has 1 aliphatic carbocycles. The molecule has 5 nitrogen and oxygen atoms in total. The van der Waals surface area contributed by atoms with Crippen LogP contribution in [0.15, 0.2) is 10.5 Å². The Balaban J connectivity index is 2.21. The third-order valence-electron chi connectivity index (χ3n) is 4.34. The molecule has 0 radical (unpaired) electrons. The van der Waals surface area contributed by atoms with Crippen molar-refractivity contribution >= 4 is 9.84 Å². The number of rotatable bonds is 4. The molecule has 2 rings (SSSR count). The third-order valence-corrected chi connectivity index (χ3v) is 5.98. The van der Waals surface area contributed by atoms with Crippen molar-refractivity contribution in [1.29, 1.82) is 0 Å². The highest BCUT2D eigenvalue weighted by Gasteiger charge is 2.34. The average Bonchev–Trinajstić information content (AvgIpc) is 2.69. The molecule has 0 saturated heterocycles. The summed E-state index contributed by atoms with van der Waals surface area (Å²) in [5.74, 6) is 7.66. The van der Waals surface area contributed by atoms with Crippen LogP contribution in [0.1, 0.15) is 48.8 Å². The molecule has 1 aliphatic rings. The monoisotopic (exact) mass is 300 g/mol. The van der Waals surface area contributed by atoms with Gasteiger partial charge in [-0.05, 0) is 45.1 Å². The Bertz CT molecular complexity index is 565. The van der Waals surface area contributed by atoms with Crippen molar-refractivity contribution in [1.82, 2.24) is 5.43 Å².